The lowest BCUT2D eigenvalue weighted by Gasteiger charge is -2.25. The van der Waals surface area contributed by atoms with Gasteiger partial charge in [-0.3, -0.25) is 0 Å². The Morgan fingerprint density at radius 1 is 0.625 bits per heavy atom. The second-order valence-corrected chi connectivity index (χ2v) is 13.2. The highest BCUT2D eigenvalue weighted by Gasteiger charge is 2.22. The van der Waals surface area contributed by atoms with Gasteiger partial charge in [-0.1, -0.05) is 105 Å². The molecule has 0 saturated carbocycles. The first-order valence-electron chi connectivity index (χ1n) is 8.72. The van der Waals surface area contributed by atoms with Gasteiger partial charge in [-0.25, -0.2) is 0 Å². The van der Waals surface area contributed by atoms with E-state index in [4.69, 9.17) is 0 Å². The van der Waals surface area contributed by atoms with Gasteiger partial charge in [-0.05, 0) is 28.3 Å². The summed E-state index contributed by atoms with van der Waals surface area (Å²) in [6.45, 7) is 7.34. The Labute approximate surface area is 147 Å². The largest absolute Gasteiger partial charge is 0.0693 e. The highest BCUT2D eigenvalue weighted by atomic mass is 28.3. The summed E-state index contributed by atoms with van der Waals surface area (Å²) >= 11 is 0. The average Bonchev–Trinajstić information content (AvgIpc) is 2.57. The van der Waals surface area contributed by atoms with Crippen molar-refractivity contribution in [3.05, 3.63) is 107 Å². The van der Waals surface area contributed by atoms with E-state index in [-0.39, 0.29) is 0 Å². The van der Waals surface area contributed by atoms with Gasteiger partial charge in [0.15, 0.2) is 0 Å². The summed E-state index contributed by atoms with van der Waals surface area (Å²) in [5.41, 5.74) is 5.70. The monoisotopic (exact) mass is 330 g/mol. The van der Waals surface area contributed by atoms with E-state index < -0.39 is 8.07 Å². The van der Waals surface area contributed by atoms with Crippen molar-refractivity contribution in [1.29, 1.82) is 0 Å². The molecule has 3 rings (SSSR count). The van der Waals surface area contributed by atoms with E-state index in [1.54, 1.807) is 0 Å². The zero-order chi connectivity index (χ0) is 17.0. The minimum atomic E-state index is -1.18. The minimum Gasteiger partial charge on any atom is -0.0693 e. The van der Waals surface area contributed by atoms with E-state index in [9.17, 15) is 0 Å². The molecule has 0 aliphatic rings. The Hall–Kier alpha value is -2.12. The molecule has 0 spiro atoms. The van der Waals surface area contributed by atoms with Crippen LogP contribution in [-0.2, 0) is 6.04 Å². The van der Waals surface area contributed by atoms with Gasteiger partial charge in [0, 0.05) is 14.0 Å². The van der Waals surface area contributed by atoms with Crippen molar-refractivity contribution >= 4 is 8.07 Å². The topological polar surface area (TPSA) is 0 Å². The predicted octanol–water partition coefficient (Wildman–Crippen LogP) is 6.29. The van der Waals surface area contributed by atoms with E-state index in [1.165, 1.54) is 28.3 Å². The molecule has 0 fully saturated rings. The molecule has 0 saturated heterocycles. The molecule has 0 aromatic heterocycles. The van der Waals surface area contributed by atoms with E-state index in [2.05, 4.69) is 105 Å². The van der Waals surface area contributed by atoms with Gasteiger partial charge in [0.25, 0.3) is 0 Å². The van der Waals surface area contributed by atoms with Gasteiger partial charge in [0.1, 0.15) is 0 Å². The summed E-state index contributed by atoms with van der Waals surface area (Å²) in [5.74, 6) is 0.306. The van der Waals surface area contributed by atoms with Gasteiger partial charge in [-0.2, -0.15) is 0 Å². The molecule has 0 nitrogen and oxygen atoms in total. The molecule has 24 heavy (non-hydrogen) atoms. The van der Waals surface area contributed by atoms with E-state index in [0.717, 1.165) is 0 Å². The first-order chi connectivity index (χ1) is 11.5. The van der Waals surface area contributed by atoms with Crippen LogP contribution in [-0.4, -0.2) is 8.07 Å². The summed E-state index contributed by atoms with van der Waals surface area (Å²) in [6.07, 6.45) is 0. The van der Waals surface area contributed by atoms with E-state index >= 15 is 0 Å². The molecular formula is C23H26Si. The third kappa shape index (κ3) is 4.04. The van der Waals surface area contributed by atoms with Gasteiger partial charge in [0.05, 0.1) is 0 Å². The molecule has 0 N–H and O–H groups in total. The predicted molar refractivity (Wildman–Crippen MR) is 107 cm³/mol. The lowest BCUT2D eigenvalue weighted by molar-refractivity contribution is 0.955. The standard InChI is InChI=1S/C23H26Si/c1-24(2,3)18-21-16-10-11-17-22(21)23(19-12-6-4-7-13-19)20-14-8-5-9-15-20/h4-17,23H,18H2,1-3H3. The van der Waals surface area contributed by atoms with E-state index in [0.29, 0.717) is 5.92 Å². The maximum absolute atomic E-state index is 2.45. The number of rotatable bonds is 5. The number of hydrogen-bond donors (Lipinski definition) is 0. The smallest absolute Gasteiger partial charge is 0.0487 e. The summed E-state index contributed by atoms with van der Waals surface area (Å²) in [6, 6.07) is 32.0. The van der Waals surface area contributed by atoms with Crippen LogP contribution < -0.4 is 0 Å². The summed E-state index contributed by atoms with van der Waals surface area (Å²) in [4.78, 5) is 0. The Bertz CT molecular complexity index is 730. The van der Waals surface area contributed by atoms with Gasteiger partial charge in [0.2, 0.25) is 0 Å². The van der Waals surface area contributed by atoms with E-state index in [1.807, 2.05) is 0 Å². The first kappa shape index (κ1) is 16.7. The third-order valence-electron chi connectivity index (χ3n) is 4.35. The molecule has 3 aromatic rings. The minimum absolute atomic E-state index is 0.306. The second kappa shape index (κ2) is 7.19. The van der Waals surface area contributed by atoms with Crippen molar-refractivity contribution in [3.63, 3.8) is 0 Å². The fraction of sp³-hybridized carbons (Fsp3) is 0.217. The van der Waals surface area contributed by atoms with Crippen molar-refractivity contribution in [2.24, 2.45) is 0 Å². The molecule has 0 unspecified atom stereocenters. The normalized spacial score (nSPS) is 11.7. The van der Waals surface area contributed by atoms with Gasteiger partial charge in [-0.15, -0.1) is 0 Å². The van der Waals surface area contributed by atoms with Crippen LogP contribution in [0, 0.1) is 0 Å². The van der Waals surface area contributed by atoms with Crippen LogP contribution in [0.1, 0.15) is 28.2 Å². The molecule has 122 valence electrons. The molecule has 0 radical (unpaired) electrons. The van der Waals surface area contributed by atoms with Crippen LogP contribution in [0.3, 0.4) is 0 Å². The highest BCUT2D eigenvalue weighted by Crippen LogP contribution is 2.34. The van der Waals surface area contributed by atoms with Crippen molar-refractivity contribution in [3.8, 4) is 0 Å². The highest BCUT2D eigenvalue weighted by molar-refractivity contribution is 6.75. The SMILES string of the molecule is C[Si](C)(C)Cc1ccccc1C(c1ccccc1)c1ccccc1. The molecular weight excluding hydrogens is 304 g/mol. The van der Waals surface area contributed by atoms with Gasteiger partial charge < -0.3 is 0 Å². The first-order valence-corrected chi connectivity index (χ1v) is 12.4. The Morgan fingerprint density at radius 3 is 1.58 bits per heavy atom. The quantitative estimate of drug-likeness (QED) is 0.381. The van der Waals surface area contributed by atoms with Crippen LogP contribution in [0.25, 0.3) is 0 Å². The van der Waals surface area contributed by atoms with Crippen LogP contribution in [0.15, 0.2) is 84.9 Å². The molecule has 3 aromatic carbocycles. The molecule has 0 amide bonds. The van der Waals surface area contributed by atoms with Crippen molar-refractivity contribution in [2.75, 3.05) is 0 Å². The Kier molecular flexibility index (Phi) is 5.01. The molecule has 0 aliphatic heterocycles. The van der Waals surface area contributed by atoms with Crippen LogP contribution in [0.2, 0.25) is 19.6 Å². The van der Waals surface area contributed by atoms with Crippen LogP contribution in [0.5, 0.6) is 0 Å². The van der Waals surface area contributed by atoms with Crippen LogP contribution in [0.4, 0.5) is 0 Å². The van der Waals surface area contributed by atoms with Crippen molar-refractivity contribution in [2.45, 2.75) is 31.6 Å². The zero-order valence-electron chi connectivity index (χ0n) is 14.9. The van der Waals surface area contributed by atoms with Crippen molar-refractivity contribution < 1.29 is 0 Å². The number of benzene rings is 3. The lowest BCUT2D eigenvalue weighted by atomic mass is 9.83. The fourth-order valence-electron chi connectivity index (χ4n) is 3.39. The second-order valence-electron chi connectivity index (χ2n) is 7.69. The third-order valence-corrected chi connectivity index (χ3v) is 5.79. The molecule has 0 bridgehead atoms. The Balaban J connectivity index is 2.14. The van der Waals surface area contributed by atoms with Crippen LogP contribution >= 0.6 is 0 Å². The van der Waals surface area contributed by atoms with Gasteiger partial charge >= 0.3 is 0 Å². The zero-order valence-corrected chi connectivity index (χ0v) is 15.9. The molecule has 0 heterocycles. The molecule has 0 aliphatic carbocycles. The lowest BCUT2D eigenvalue weighted by Crippen LogP contribution is -2.25. The molecule has 1 heteroatoms. The Morgan fingerprint density at radius 2 is 1.08 bits per heavy atom. The number of hydrogen-bond acceptors (Lipinski definition) is 0. The summed E-state index contributed by atoms with van der Waals surface area (Å²) in [7, 11) is -1.18. The molecule has 0 atom stereocenters. The average molecular weight is 331 g/mol. The maximum atomic E-state index is 2.45. The maximum Gasteiger partial charge on any atom is 0.0487 e. The summed E-state index contributed by atoms with van der Waals surface area (Å²) < 4.78 is 0. The fourth-order valence-corrected chi connectivity index (χ4v) is 4.86. The summed E-state index contributed by atoms with van der Waals surface area (Å²) in [5, 5.41) is 0. The van der Waals surface area contributed by atoms with Crippen molar-refractivity contribution in [1.82, 2.24) is 0 Å².